The van der Waals surface area contributed by atoms with Crippen molar-refractivity contribution >= 4 is 5.91 Å². The summed E-state index contributed by atoms with van der Waals surface area (Å²) in [4.78, 5) is 13.2. The van der Waals surface area contributed by atoms with Crippen molar-refractivity contribution in [3.8, 4) is 0 Å². The van der Waals surface area contributed by atoms with Gasteiger partial charge in [-0.3, -0.25) is 4.79 Å². The summed E-state index contributed by atoms with van der Waals surface area (Å²) in [5.74, 6) is -0.245. The molecular formula is C56H99NO13. The van der Waals surface area contributed by atoms with Gasteiger partial charge >= 0.3 is 0 Å². The molecule has 0 saturated carbocycles. The van der Waals surface area contributed by atoms with Gasteiger partial charge in [0.1, 0.15) is 48.8 Å². The van der Waals surface area contributed by atoms with Crippen LogP contribution < -0.4 is 5.32 Å². The van der Waals surface area contributed by atoms with Crippen LogP contribution in [0, 0.1) is 0 Å². The molecule has 12 unspecified atom stereocenters. The molecule has 0 spiro atoms. The first kappa shape index (κ1) is 63.8. The molecule has 2 fully saturated rings. The van der Waals surface area contributed by atoms with Gasteiger partial charge in [-0.1, -0.05) is 190 Å². The van der Waals surface area contributed by atoms with Crippen LogP contribution in [0.2, 0.25) is 0 Å². The minimum absolute atomic E-state index is 0.245. The van der Waals surface area contributed by atoms with Gasteiger partial charge in [-0.15, -0.1) is 0 Å². The number of carbonyl (C=O) groups excluding carboxylic acids is 1. The van der Waals surface area contributed by atoms with Crippen LogP contribution in [-0.2, 0) is 23.7 Å². The third kappa shape index (κ3) is 28.2. The highest BCUT2D eigenvalue weighted by molar-refractivity contribution is 5.76. The van der Waals surface area contributed by atoms with E-state index in [2.05, 4.69) is 67.8 Å². The fourth-order valence-electron chi connectivity index (χ4n) is 8.75. The molecule has 2 aliphatic rings. The van der Waals surface area contributed by atoms with Crippen molar-refractivity contribution in [3.63, 3.8) is 0 Å². The monoisotopic (exact) mass is 994 g/mol. The molecule has 2 heterocycles. The Hall–Kier alpha value is -2.31. The van der Waals surface area contributed by atoms with Crippen molar-refractivity contribution in [1.29, 1.82) is 0 Å². The van der Waals surface area contributed by atoms with Gasteiger partial charge in [0.15, 0.2) is 12.6 Å². The minimum Gasteiger partial charge on any atom is -0.394 e. The lowest BCUT2D eigenvalue weighted by Crippen LogP contribution is -2.65. The van der Waals surface area contributed by atoms with Crippen LogP contribution in [0.3, 0.4) is 0 Å². The molecule has 14 heteroatoms. The van der Waals surface area contributed by atoms with Crippen LogP contribution in [0.15, 0.2) is 60.8 Å². The molecule has 0 aromatic rings. The molecule has 9 N–H and O–H groups in total. The van der Waals surface area contributed by atoms with E-state index in [0.29, 0.717) is 6.42 Å². The minimum atomic E-state index is -1.79. The average Bonchev–Trinajstić information content (AvgIpc) is 3.36. The highest BCUT2D eigenvalue weighted by Gasteiger charge is 2.51. The molecular weight excluding hydrogens is 895 g/mol. The van der Waals surface area contributed by atoms with Crippen molar-refractivity contribution in [2.45, 2.75) is 267 Å². The van der Waals surface area contributed by atoms with Gasteiger partial charge in [-0.25, -0.2) is 0 Å². The standard InChI is InChI=1S/C56H99NO13/c1-3-5-7-9-11-13-14-15-16-17-18-19-20-21-22-23-24-25-26-27-28-29-30-32-34-36-38-40-48(61)57-44(45(60)39-37-35-33-31-12-10-8-6-4-2)43-67-55-53(66)51(64)54(47(42-59)69-55)70-56-52(65)50(63)49(62)46(41-58)68-56/h5,7,11,13,15-16,18-19,37,39,44-47,49-56,58-60,62-66H,3-4,6,8-10,12,14,17,20-36,38,40-43H2,1-2H3,(H,57,61)/b7-5-,13-11-,16-15-,19-18-,39-37+. The number of hydrogen-bond donors (Lipinski definition) is 9. The molecule has 12 atom stereocenters. The normalized spacial score (nSPS) is 26.4. The van der Waals surface area contributed by atoms with Crippen molar-refractivity contribution in [1.82, 2.24) is 5.32 Å². The van der Waals surface area contributed by atoms with Crippen LogP contribution in [0.1, 0.15) is 194 Å². The zero-order valence-corrected chi connectivity index (χ0v) is 43.2. The molecule has 1 amide bonds. The average molecular weight is 994 g/mol. The van der Waals surface area contributed by atoms with Gasteiger partial charge < -0.3 is 65.1 Å². The summed E-state index contributed by atoms with van der Waals surface area (Å²) in [5.41, 5.74) is 0. The lowest BCUT2D eigenvalue weighted by molar-refractivity contribution is -0.359. The molecule has 2 aliphatic heterocycles. The molecule has 2 saturated heterocycles. The third-order valence-electron chi connectivity index (χ3n) is 13.2. The number of aliphatic hydroxyl groups excluding tert-OH is 8. The Morgan fingerprint density at radius 1 is 0.529 bits per heavy atom. The van der Waals surface area contributed by atoms with E-state index in [1.54, 1.807) is 6.08 Å². The highest BCUT2D eigenvalue weighted by Crippen LogP contribution is 2.30. The summed E-state index contributed by atoms with van der Waals surface area (Å²) in [6.07, 6.45) is 35.7. The van der Waals surface area contributed by atoms with Crippen LogP contribution >= 0.6 is 0 Å². The Kier molecular flexibility index (Phi) is 38.4. The Bertz CT molecular complexity index is 1410. The second kappa shape index (κ2) is 42.1. The predicted molar refractivity (Wildman–Crippen MR) is 277 cm³/mol. The van der Waals surface area contributed by atoms with E-state index in [-0.39, 0.29) is 18.9 Å². The molecule has 14 nitrogen and oxygen atoms in total. The topological polar surface area (TPSA) is 228 Å². The van der Waals surface area contributed by atoms with Crippen LogP contribution in [0.4, 0.5) is 0 Å². The zero-order chi connectivity index (χ0) is 51.0. The van der Waals surface area contributed by atoms with E-state index in [1.165, 1.54) is 96.3 Å². The van der Waals surface area contributed by atoms with E-state index in [9.17, 15) is 45.6 Å². The molecule has 0 aromatic carbocycles. The molecule has 2 rings (SSSR count). The Morgan fingerprint density at radius 2 is 0.986 bits per heavy atom. The number of rotatable bonds is 42. The summed E-state index contributed by atoms with van der Waals surface area (Å²) in [6, 6.07) is -0.914. The number of aliphatic hydroxyl groups is 8. The Morgan fingerprint density at radius 3 is 1.51 bits per heavy atom. The highest BCUT2D eigenvalue weighted by atomic mass is 16.7. The number of allylic oxidation sites excluding steroid dienone is 9. The summed E-state index contributed by atoms with van der Waals surface area (Å²) >= 11 is 0. The maximum absolute atomic E-state index is 13.2. The molecule has 0 bridgehead atoms. The fourth-order valence-corrected chi connectivity index (χ4v) is 8.75. The fraction of sp³-hybridized carbons (Fsp3) is 0.804. The van der Waals surface area contributed by atoms with E-state index in [4.69, 9.17) is 18.9 Å². The Labute approximate surface area is 422 Å². The van der Waals surface area contributed by atoms with Crippen molar-refractivity contribution in [2.75, 3.05) is 19.8 Å². The van der Waals surface area contributed by atoms with Crippen LogP contribution in [0.25, 0.3) is 0 Å². The molecule has 406 valence electrons. The van der Waals surface area contributed by atoms with Gasteiger partial charge in [0.2, 0.25) is 5.91 Å². The number of nitrogens with one attached hydrogen (secondary N) is 1. The van der Waals surface area contributed by atoms with E-state index >= 15 is 0 Å². The molecule has 70 heavy (non-hydrogen) atoms. The molecule has 0 radical (unpaired) electrons. The van der Waals surface area contributed by atoms with Crippen LogP contribution in [0.5, 0.6) is 0 Å². The molecule has 0 aromatic heterocycles. The predicted octanol–water partition coefficient (Wildman–Crippen LogP) is 8.22. The number of carbonyl (C=O) groups is 1. The summed E-state index contributed by atoms with van der Waals surface area (Å²) in [6.45, 7) is 2.63. The number of amides is 1. The summed E-state index contributed by atoms with van der Waals surface area (Å²) in [7, 11) is 0. The van der Waals surface area contributed by atoms with Gasteiger partial charge in [0, 0.05) is 6.42 Å². The van der Waals surface area contributed by atoms with E-state index in [0.717, 1.165) is 70.6 Å². The first-order valence-electron chi connectivity index (χ1n) is 27.5. The van der Waals surface area contributed by atoms with Gasteiger partial charge in [0.05, 0.1) is 32.0 Å². The second-order valence-corrected chi connectivity index (χ2v) is 19.3. The number of hydrogen-bond acceptors (Lipinski definition) is 13. The van der Waals surface area contributed by atoms with Crippen molar-refractivity contribution in [2.24, 2.45) is 0 Å². The lowest BCUT2D eigenvalue weighted by Gasteiger charge is -2.46. The zero-order valence-electron chi connectivity index (χ0n) is 43.2. The maximum Gasteiger partial charge on any atom is 0.220 e. The maximum atomic E-state index is 13.2. The summed E-state index contributed by atoms with van der Waals surface area (Å²) < 4.78 is 22.7. The van der Waals surface area contributed by atoms with Gasteiger partial charge in [0.25, 0.3) is 0 Å². The Balaban J connectivity index is 1.69. The van der Waals surface area contributed by atoms with Crippen molar-refractivity contribution in [3.05, 3.63) is 60.8 Å². The number of ether oxygens (including phenoxy) is 4. The quantitative estimate of drug-likeness (QED) is 0.0208. The first-order chi connectivity index (χ1) is 34.1. The van der Waals surface area contributed by atoms with E-state index < -0.39 is 86.8 Å². The lowest BCUT2D eigenvalue weighted by atomic mass is 9.97. The van der Waals surface area contributed by atoms with Crippen LogP contribution in [-0.4, -0.2) is 140 Å². The van der Waals surface area contributed by atoms with Gasteiger partial charge in [-0.05, 0) is 57.8 Å². The smallest absolute Gasteiger partial charge is 0.220 e. The SMILES string of the molecule is CC/C=C\C/C=C\C/C=C\C/C=C\CCCCCCCCCCCCCCCCC(=O)NC(COC1OC(CO)C(OC2OC(CO)C(O)C(O)C2O)C(O)C1O)C(O)/C=C/CCCCCCCCC. The number of unbranched alkanes of at least 4 members (excludes halogenated alkanes) is 21. The largest absolute Gasteiger partial charge is 0.394 e. The summed E-state index contributed by atoms with van der Waals surface area (Å²) in [5, 5.41) is 86.7. The second-order valence-electron chi connectivity index (χ2n) is 19.3. The van der Waals surface area contributed by atoms with E-state index in [1.807, 2.05) is 6.08 Å². The van der Waals surface area contributed by atoms with Crippen molar-refractivity contribution < 1.29 is 64.6 Å². The van der Waals surface area contributed by atoms with Gasteiger partial charge in [-0.2, -0.15) is 0 Å². The first-order valence-corrected chi connectivity index (χ1v) is 27.5. The molecule has 0 aliphatic carbocycles. The third-order valence-corrected chi connectivity index (χ3v) is 13.2.